The molecule has 2 heteroatoms. The molecule has 0 aromatic heterocycles. The number of benzene rings is 1. The molecule has 266 valence electrons. The molecule has 1 spiro atoms. The van der Waals surface area contributed by atoms with Crippen molar-refractivity contribution in [3.8, 4) is 0 Å². The minimum absolute atomic E-state index is 0.0448. The Balaban J connectivity index is 0.906. The quantitative estimate of drug-likeness (QED) is 0.235. The van der Waals surface area contributed by atoms with E-state index in [1.807, 2.05) is 0 Å². The number of nitrogens with one attached hydrogen (secondary N) is 1. The minimum Gasteiger partial charge on any atom is -0.387 e. The molecule has 0 bridgehead atoms. The van der Waals surface area contributed by atoms with Gasteiger partial charge < -0.3 is 5.32 Å². The fraction of sp³-hybridized carbons (Fsp3) is 0.373. The highest BCUT2D eigenvalue weighted by molar-refractivity contribution is 7.85. The molecule has 9 aliphatic carbocycles. The van der Waals surface area contributed by atoms with Crippen molar-refractivity contribution < 1.29 is 0 Å². The zero-order chi connectivity index (χ0) is 35.5. The number of hydrogen-bond donors (Lipinski definition) is 2. The van der Waals surface area contributed by atoms with E-state index < -0.39 is 0 Å². The Bertz CT molecular complexity index is 2240. The third kappa shape index (κ3) is 4.57. The molecule has 0 saturated carbocycles. The zero-order valence-corrected chi connectivity index (χ0v) is 32.1. The van der Waals surface area contributed by atoms with Crippen LogP contribution in [0.4, 0.5) is 0 Å². The third-order valence-electron chi connectivity index (χ3n) is 15.3. The largest absolute Gasteiger partial charge is 0.387 e. The first-order valence-electron chi connectivity index (χ1n) is 20.6. The van der Waals surface area contributed by atoms with Gasteiger partial charge in [0.2, 0.25) is 0 Å². The Morgan fingerprint density at radius 3 is 2.45 bits per heavy atom. The van der Waals surface area contributed by atoms with Crippen LogP contribution < -0.4 is 5.32 Å². The maximum absolute atomic E-state index is 5.19. The van der Waals surface area contributed by atoms with Crippen LogP contribution in [0, 0.1) is 40.9 Å². The Kier molecular flexibility index (Phi) is 7.34. The molecule has 1 aliphatic heterocycles. The number of allylic oxidation sites excluding steroid dienone is 23. The number of rotatable bonds is 3. The highest BCUT2D eigenvalue weighted by Gasteiger charge is 2.62. The van der Waals surface area contributed by atoms with Gasteiger partial charge in [0.05, 0.1) is 0 Å². The summed E-state index contributed by atoms with van der Waals surface area (Å²) in [4.78, 5) is 1.14. The molecule has 0 fully saturated rings. The topological polar surface area (TPSA) is 12.0 Å². The summed E-state index contributed by atoms with van der Waals surface area (Å²) < 4.78 is 0. The molecule has 8 atom stereocenters. The maximum atomic E-state index is 5.19. The molecule has 1 nitrogen and oxygen atoms in total. The molecule has 11 rings (SSSR count). The van der Waals surface area contributed by atoms with Crippen LogP contribution in [-0.2, 0) is 5.41 Å². The second-order valence-corrected chi connectivity index (χ2v) is 18.3. The lowest BCUT2D eigenvalue weighted by molar-refractivity contribution is 0.264. The first-order chi connectivity index (χ1) is 25.9. The van der Waals surface area contributed by atoms with Gasteiger partial charge >= 0.3 is 0 Å². The predicted octanol–water partition coefficient (Wildman–Crippen LogP) is 12.1. The highest BCUT2D eigenvalue weighted by Crippen LogP contribution is 2.69. The van der Waals surface area contributed by atoms with Gasteiger partial charge in [0.25, 0.3) is 0 Å². The van der Waals surface area contributed by atoms with Gasteiger partial charge in [-0.25, -0.2) is 0 Å². The molecule has 1 aromatic rings. The van der Waals surface area contributed by atoms with Crippen LogP contribution in [0.5, 0.6) is 0 Å². The normalized spacial score (nSPS) is 36.5. The molecular weight excluding hydrogens is 659 g/mol. The predicted molar refractivity (Wildman–Crippen MR) is 224 cm³/mol. The van der Waals surface area contributed by atoms with E-state index in [0.29, 0.717) is 41.4 Å². The van der Waals surface area contributed by atoms with Gasteiger partial charge in [-0.1, -0.05) is 146 Å². The van der Waals surface area contributed by atoms with E-state index in [0.717, 1.165) is 37.1 Å². The van der Waals surface area contributed by atoms with Crippen molar-refractivity contribution >= 4 is 18.2 Å². The summed E-state index contributed by atoms with van der Waals surface area (Å²) in [6.07, 6.45) is 49.4. The van der Waals surface area contributed by atoms with E-state index in [2.05, 4.69) is 141 Å². The first-order valence-corrected chi connectivity index (χ1v) is 21.0. The number of hydrogen-bond acceptors (Lipinski definition) is 2. The lowest BCUT2D eigenvalue weighted by atomic mass is 9.59. The van der Waals surface area contributed by atoms with Crippen LogP contribution in [0.1, 0.15) is 81.4 Å². The Morgan fingerprint density at radius 2 is 1.57 bits per heavy atom. The number of thiol groups is 1. The molecule has 53 heavy (non-hydrogen) atoms. The SMILES string of the molecule is CC1(C)C2=C(C=CC(C3=CNCC=C3)C2)C2=C1CC(C1C=CC(S)=C(c3ccc4c(c3)C3(C5=C(C=CCC5)C5C=CC=CC53)C3C=CCCC43)C1)C=C2. The smallest absolute Gasteiger partial charge is 0.0328 e. The first kappa shape index (κ1) is 32.4. The molecule has 0 amide bonds. The molecule has 1 aromatic carbocycles. The molecule has 0 saturated heterocycles. The summed E-state index contributed by atoms with van der Waals surface area (Å²) >= 11 is 5.19. The second kappa shape index (κ2) is 12.0. The van der Waals surface area contributed by atoms with Gasteiger partial charge in [0, 0.05) is 46.2 Å². The summed E-state index contributed by atoms with van der Waals surface area (Å²) in [6, 6.07) is 7.70. The van der Waals surface area contributed by atoms with Gasteiger partial charge in [-0.2, -0.15) is 0 Å². The molecule has 1 heterocycles. The fourth-order valence-corrected chi connectivity index (χ4v) is 13.1. The third-order valence-corrected chi connectivity index (χ3v) is 15.7. The lowest BCUT2D eigenvalue weighted by Crippen LogP contribution is -2.40. The summed E-state index contributed by atoms with van der Waals surface area (Å²) in [5.41, 5.74) is 17.2. The summed E-state index contributed by atoms with van der Waals surface area (Å²) in [5, 5.41) is 3.43. The number of dihydropyridines is 1. The van der Waals surface area contributed by atoms with Crippen molar-refractivity contribution in [1.29, 1.82) is 0 Å². The van der Waals surface area contributed by atoms with Crippen LogP contribution in [0.25, 0.3) is 5.57 Å². The van der Waals surface area contributed by atoms with Crippen LogP contribution in [0.2, 0.25) is 0 Å². The van der Waals surface area contributed by atoms with Gasteiger partial charge in [-0.15, -0.1) is 12.6 Å². The van der Waals surface area contributed by atoms with Crippen LogP contribution in [-0.4, -0.2) is 6.54 Å². The summed E-state index contributed by atoms with van der Waals surface area (Å²) in [7, 11) is 0. The summed E-state index contributed by atoms with van der Waals surface area (Å²) in [6.45, 7) is 5.92. The van der Waals surface area contributed by atoms with E-state index in [1.165, 1.54) is 47.1 Å². The van der Waals surface area contributed by atoms with Gasteiger partial charge in [-0.3, -0.25) is 0 Å². The van der Waals surface area contributed by atoms with Gasteiger partial charge in [0.15, 0.2) is 0 Å². The van der Waals surface area contributed by atoms with Crippen molar-refractivity contribution in [3.05, 3.63) is 182 Å². The Labute approximate surface area is 322 Å². The van der Waals surface area contributed by atoms with E-state index in [9.17, 15) is 0 Å². The van der Waals surface area contributed by atoms with Crippen molar-refractivity contribution in [2.45, 2.75) is 70.1 Å². The number of fused-ring (bicyclic) bond motifs is 10. The van der Waals surface area contributed by atoms with E-state index in [-0.39, 0.29) is 10.8 Å². The standard InChI is InChI=1S/C51H51NS/c1-50(2)46-27-32(17-21-39(46)40-22-18-33(28-47(40)50)35-10-9-25-52-30-35)31-20-24-49(53)42(26-31)34-19-23-41-38-13-5-8-16-45(38)51(48(41)29-34)43-14-6-3-11-36(43)37-12-4-7-15-44(37)51/h3-4,6,8-12,14,16-24,29-33,36,38,43,45,52-53H,5,7,13,15,25-28H2,1-2H3. The second-order valence-electron chi connectivity index (χ2n) is 17.9. The molecule has 1 N–H and O–H groups in total. The van der Waals surface area contributed by atoms with Gasteiger partial charge in [0.1, 0.15) is 0 Å². The molecule has 8 unspecified atom stereocenters. The minimum atomic E-state index is 0.0448. The summed E-state index contributed by atoms with van der Waals surface area (Å²) in [5.74, 6) is 3.50. The van der Waals surface area contributed by atoms with E-state index >= 15 is 0 Å². The molecular formula is C51H51NS. The fourth-order valence-electron chi connectivity index (χ4n) is 12.8. The average Bonchev–Trinajstić information content (AvgIpc) is 3.76. The Morgan fingerprint density at radius 1 is 0.736 bits per heavy atom. The maximum Gasteiger partial charge on any atom is 0.0328 e. The van der Waals surface area contributed by atoms with Crippen molar-refractivity contribution in [1.82, 2.24) is 5.32 Å². The van der Waals surface area contributed by atoms with Crippen LogP contribution in [0.3, 0.4) is 0 Å². The van der Waals surface area contributed by atoms with Crippen molar-refractivity contribution in [2.75, 3.05) is 6.54 Å². The lowest BCUT2D eigenvalue weighted by Gasteiger charge is -2.43. The van der Waals surface area contributed by atoms with Gasteiger partial charge in [-0.05, 0) is 113 Å². The van der Waals surface area contributed by atoms with Crippen LogP contribution >= 0.6 is 12.6 Å². The molecule has 0 radical (unpaired) electrons. The monoisotopic (exact) mass is 709 g/mol. The molecule has 10 aliphatic rings. The van der Waals surface area contributed by atoms with Crippen molar-refractivity contribution in [3.63, 3.8) is 0 Å². The van der Waals surface area contributed by atoms with E-state index in [1.54, 1.807) is 33.4 Å². The highest BCUT2D eigenvalue weighted by atomic mass is 32.1. The average molecular weight is 710 g/mol. The van der Waals surface area contributed by atoms with E-state index in [4.69, 9.17) is 12.6 Å². The zero-order valence-electron chi connectivity index (χ0n) is 31.2. The Hall–Kier alpha value is -4.01. The van der Waals surface area contributed by atoms with Crippen molar-refractivity contribution in [2.24, 2.45) is 40.9 Å². The van der Waals surface area contributed by atoms with Crippen LogP contribution in [0.15, 0.2) is 166 Å².